The number of carbonyl (C=O) groups excluding carboxylic acids is 1. The van der Waals surface area contributed by atoms with Crippen LogP contribution >= 0.6 is 0 Å². The first-order valence-electron chi connectivity index (χ1n) is 11.9. The maximum absolute atomic E-state index is 12.9. The van der Waals surface area contributed by atoms with E-state index in [-0.39, 0.29) is 11.8 Å². The Morgan fingerprint density at radius 2 is 1.91 bits per heavy atom. The number of amides is 1. The van der Waals surface area contributed by atoms with Crippen LogP contribution in [-0.4, -0.2) is 41.0 Å². The molecule has 3 aromatic rings. The van der Waals surface area contributed by atoms with Crippen molar-refractivity contribution in [3.05, 3.63) is 66.2 Å². The molecule has 4 rings (SSSR count). The summed E-state index contributed by atoms with van der Waals surface area (Å²) in [5, 5.41) is 3.13. The number of benzene rings is 2. The summed E-state index contributed by atoms with van der Waals surface area (Å²) in [5.74, 6) is 2.06. The fourth-order valence-corrected chi connectivity index (χ4v) is 4.37. The number of unbranched alkanes of at least 4 members (excludes halogenated alkanes) is 1. The molecule has 0 saturated carbocycles. The number of methoxy groups -OCH3 is 1. The van der Waals surface area contributed by atoms with Crippen LogP contribution in [0.4, 0.5) is 5.69 Å². The highest BCUT2D eigenvalue weighted by Crippen LogP contribution is 2.27. The molecule has 1 fully saturated rings. The average molecular weight is 447 g/mol. The van der Waals surface area contributed by atoms with E-state index in [1.807, 2.05) is 54.7 Å². The molecule has 0 bridgehead atoms. The van der Waals surface area contributed by atoms with Gasteiger partial charge in [-0.1, -0.05) is 37.6 Å². The zero-order valence-corrected chi connectivity index (χ0v) is 19.6. The molecule has 0 unspecified atom stereocenters. The van der Waals surface area contributed by atoms with Crippen molar-refractivity contribution in [1.82, 2.24) is 14.9 Å². The third kappa shape index (κ3) is 6.23. The molecule has 1 aliphatic rings. The lowest BCUT2D eigenvalue weighted by atomic mass is 9.95. The first-order valence-corrected chi connectivity index (χ1v) is 11.9. The lowest BCUT2D eigenvalue weighted by Gasteiger charge is -2.30. The van der Waals surface area contributed by atoms with Crippen molar-refractivity contribution < 1.29 is 9.53 Å². The van der Waals surface area contributed by atoms with Gasteiger partial charge >= 0.3 is 0 Å². The number of anilines is 1. The van der Waals surface area contributed by atoms with Crippen LogP contribution in [0.15, 0.2) is 54.7 Å². The van der Waals surface area contributed by atoms with Crippen LogP contribution < -0.4 is 10.1 Å². The minimum atomic E-state index is 0.0450. The second-order valence-corrected chi connectivity index (χ2v) is 8.81. The van der Waals surface area contributed by atoms with Crippen LogP contribution in [0, 0.1) is 5.92 Å². The van der Waals surface area contributed by atoms with Gasteiger partial charge in [-0.3, -0.25) is 9.69 Å². The summed E-state index contributed by atoms with van der Waals surface area (Å²) in [7, 11) is 1.67. The first-order chi connectivity index (χ1) is 16.1. The zero-order chi connectivity index (χ0) is 23.0. The van der Waals surface area contributed by atoms with Gasteiger partial charge in [0, 0.05) is 36.5 Å². The molecule has 6 nitrogen and oxygen atoms in total. The molecule has 0 spiro atoms. The third-order valence-corrected chi connectivity index (χ3v) is 6.33. The zero-order valence-electron chi connectivity index (χ0n) is 19.6. The summed E-state index contributed by atoms with van der Waals surface area (Å²) in [6, 6.07) is 16.0. The van der Waals surface area contributed by atoms with Crippen molar-refractivity contribution in [2.24, 2.45) is 5.92 Å². The van der Waals surface area contributed by atoms with Gasteiger partial charge in [0.1, 0.15) is 11.6 Å². The van der Waals surface area contributed by atoms with Gasteiger partial charge in [0.25, 0.3) is 0 Å². The summed E-state index contributed by atoms with van der Waals surface area (Å²) in [6.45, 7) is 4.91. The van der Waals surface area contributed by atoms with Crippen LogP contribution in [-0.2, 0) is 17.8 Å². The number of nitrogens with zero attached hydrogens (tertiary/aromatic N) is 2. The van der Waals surface area contributed by atoms with E-state index in [0.717, 1.165) is 73.7 Å². The summed E-state index contributed by atoms with van der Waals surface area (Å²) in [4.78, 5) is 23.3. The molecular formula is C27H34N4O2. The second kappa shape index (κ2) is 11.1. The molecule has 1 aliphatic heterocycles. The largest absolute Gasteiger partial charge is 0.497 e. The summed E-state index contributed by atoms with van der Waals surface area (Å²) >= 11 is 0. The summed E-state index contributed by atoms with van der Waals surface area (Å²) in [6.07, 6.45) is 7.06. The Morgan fingerprint density at radius 1 is 1.15 bits per heavy atom. The summed E-state index contributed by atoms with van der Waals surface area (Å²) in [5.41, 5.74) is 4.12. The van der Waals surface area contributed by atoms with Gasteiger partial charge < -0.3 is 15.0 Å². The topological polar surface area (TPSA) is 70.2 Å². The molecule has 2 heterocycles. The number of aryl methyl sites for hydroxylation is 1. The molecule has 6 heteroatoms. The van der Waals surface area contributed by atoms with Crippen LogP contribution in [0.25, 0.3) is 11.1 Å². The number of likely N-dealkylation sites (tertiary alicyclic amines) is 1. The summed E-state index contributed by atoms with van der Waals surface area (Å²) < 4.78 is 5.33. The number of carbonyl (C=O) groups is 1. The van der Waals surface area contributed by atoms with E-state index in [1.54, 1.807) is 7.11 Å². The van der Waals surface area contributed by atoms with Gasteiger partial charge in [-0.25, -0.2) is 4.98 Å². The number of ether oxygens (including phenoxy) is 1. The number of hydrogen-bond donors (Lipinski definition) is 2. The van der Waals surface area contributed by atoms with Crippen molar-refractivity contribution in [3.63, 3.8) is 0 Å². The molecule has 0 radical (unpaired) electrons. The van der Waals surface area contributed by atoms with Crippen molar-refractivity contribution >= 4 is 11.6 Å². The predicted molar refractivity (Wildman–Crippen MR) is 132 cm³/mol. The molecule has 0 aliphatic carbocycles. The van der Waals surface area contributed by atoms with E-state index in [0.29, 0.717) is 0 Å². The van der Waals surface area contributed by atoms with Crippen LogP contribution in [0.2, 0.25) is 0 Å². The standard InChI is InChI=1S/C27H34N4O2/c1-3-4-11-26-28-18-24(29-26)19-31-14-12-20(13-15-31)27(32)30-23-9-5-7-21(16-23)22-8-6-10-25(17-22)33-2/h5-10,16-18,20H,3-4,11-15,19H2,1-2H3,(H,28,29)(H,30,32). The third-order valence-electron chi connectivity index (χ3n) is 6.33. The maximum atomic E-state index is 12.9. The number of aromatic nitrogens is 2. The van der Waals surface area contributed by atoms with E-state index >= 15 is 0 Å². The number of aromatic amines is 1. The minimum Gasteiger partial charge on any atom is -0.497 e. The number of piperidine rings is 1. The molecule has 2 aromatic carbocycles. The number of rotatable bonds is 9. The minimum absolute atomic E-state index is 0.0450. The van der Waals surface area contributed by atoms with Crippen molar-refractivity contribution in [2.45, 2.75) is 45.6 Å². The van der Waals surface area contributed by atoms with Gasteiger partial charge in [0.15, 0.2) is 0 Å². The SMILES string of the molecule is CCCCc1ncc(CN2CCC(C(=O)Nc3cccc(-c4cccc(OC)c4)c3)CC2)[nH]1. The number of H-pyrrole nitrogens is 1. The lowest BCUT2D eigenvalue weighted by Crippen LogP contribution is -2.37. The highest BCUT2D eigenvalue weighted by atomic mass is 16.5. The Bertz CT molecular complexity index is 1050. The molecule has 0 atom stereocenters. The molecule has 1 amide bonds. The smallest absolute Gasteiger partial charge is 0.227 e. The monoisotopic (exact) mass is 446 g/mol. The number of nitrogens with one attached hydrogen (secondary N) is 2. The number of imidazole rings is 1. The van der Waals surface area contributed by atoms with Gasteiger partial charge in [0.05, 0.1) is 7.11 Å². The molecular weight excluding hydrogens is 412 g/mol. The van der Waals surface area contributed by atoms with E-state index in [2.05, 4.69) is 27.1 Å². The van der Waals surface area contributed by atoms with Crippen LogP contribution in [0.5, 0.6) is 5.75 Å². The van der Waals surface area contributed by atoms with Crippen LogP contribution in [0.3, 0.4) is 0 Å². The molecule has 1 aromatic heterocycles. The van der Waals surface area contributed by atoms with Gasteiger partial charge in [-0.05, 0) is 67.7 Å². The van der Waals surface area contributed by atoms with Gasteiger partial charge in [-0.15, -0.1) is 0 Å². The van der Waals surface area contributed by atoms with Gasteiger partial charge in [0.2, 0.25) is 5.91 Å². The fraction of sp³-hybridized carbons (Fsp3) is 0.407. The normalized spacial score (nSPS) is 14.8. The quantitative estimate of drug-likeness (QED) is 0.469. The van der Waals surface area contributed by atoms with Crippen molar-refractivity contribution in [2.75, 3.05) is 25.5 Å². The lowest BCUT2D eigenvalue weighted by molar-refractivity contribution is -0.121. The Hall–Kier alpha value is -3.12. The van der Waals surface area contributed by atoms with E-state index in [4.69, 9.17) is 4.74 Å². The maximum Gasteiger partial charge on any atom is 0.227 e. The second-order valence-electron chi connectivity index (χ2n) is 8.81. The van der Waals surface area contributed by atoms with Crippen molar-refractivity contribution in [3.8, 4) is 16.9 Å². The Kier molecular flexibility index (Phi) is 7.79. The molecule has 174 valence electrons. The predicted octanol–water partition coefficient (Wildman–Crippen LogP) is 5.28. The van der Waals surface area contributed by atoms with Crippen molar-refractivity contribution in [1.29, 1.82) is 0 Å². The Morgan fingerprint density at radius 3 is 2.67 bits per heavy atom. The Balaban J connectivity index is 1.29. The average Bonchev–Trinajstić information content (AvgIpc) is 3.30. The van der Waals surface area contributed by atoms with E-state index < -0.39 is 0 Å². The Labute approximate surface area is 196 Å². The van der Waals surface area contributed by atoms with E-state index in [1.165, 1.54) is 12.1 Å². The first kappa shape index (κ1) is 23.1. The highest BCUT2D eigenvalue weighted by Gasteiger charge is 2.25. The fourth-order valence-electron chi connectivity index (χ4n) is 4.37. The van der Waals surface area contributed by atoms with E-state index in [9.17, 15) is 4.79 Å². The van der Waals surface area contributed by atoms with Crippen LogP contribution in [0.1, 0.15) is 44.1 Å². The molecule has 33 heavy (non-hydrogen) atoms. The molecule has 2 N–H and O–H groups in total. The highest BCUT2D eigenvalue weighted by molar-refractivity contribution is 5.93. The van der Waals surface area contributed by atoms with Gasteiger partial charge in [-0.2, -0.15) is 0 Å². The number of hydrogen-bond acceptors (Lipinski definition) is 4. The molecule has 1 saturated heterocycles.